The van der Waals surface area contributed by atoms with Crippen molar-refractivity contribution in [1.29, 1.82) is 0 Å². The zero-order chi connectivity index (χ0) is 11.7. The van der Waals surface area contributed by atoms with Crippen LogP contribution in [0.1, 0.15) is 0 Å². The molecule has 0 bridgehead atoms. The summed E-state index contributed by atoms with van der Waals surface area (Å²) >= 11 is 6.19. The summed E-state index contributed by atoms with van der Waals surface area (Å²) in [7, 11) is 0. The Morgan fingerprint density at radius 3 is 2.53 bits per heavy atom. The van der Waals surface area contributed by atoms with Crippen LogP contribution in [-0.2, 0) is 0 Å². The maximum Gasteiger partial charge on any atom is 0.138 e. The minimum absolute atomic E-state index is 0.585. The lowest BCUT2D eigenvalue weighted by Crippen LogP contribution is -1.97. The van der Waals surface area contributed by atoms with Gasteiger partial charge in [-0.1, -0.05) is 11.6 Å². The SMILES string of the molecule is Clc1cc(-n2cnnc2)ccc1-n1cncn1. The fourth-order valence-electron chi connectivity index (χ4n) is 1.51. The number of halogens is 1. The number of benzene rings is 1. The molecule has 2 heterocycles. The molecule has 1 aromatic carbocycles. The van der Waals surface area contributed by atoms with Gasteiger partial charge >= 0.3 is 0 Å². The van der Waals surface area contributed by atoms with E-state index in [0.717, 1.165) is 11.4 Å². The summed E-state index contributed by atoms with van der Waals surface area (Å²) in [5, 5.41) is 12.1. The summed E-state index contributed by atoms with van der Waals surface area (Å²) in [6.45, 7) is 0. The van der Waals surface area contributed by atoms with Crippen molar-refractivity contribution in [3.05, 3.63) is 48.5 Å². The summed E-state index contributed by atoms with van der Waals surface area (Å²) < 4.78 is 3.38. The first-order valence-corrected chi connectivity index (χ1v) is 5.22. The number of hydrogen-bond acceptors (Lipinski definition) is 4. The lowest BCUT2D eigenvalue weighted by atomic mass is 10.3. The van der Waals surface area contributed by atoms with Gasteiger partial charge in [-0.25, -0.2) is 9.67 Å². The molecule has 0 unspecified atom stereocenters. The molecule has 6 nitrogen and oxygen atoms in total. The van der Waals surface area contributed by atoms with E-state index in [1.54, 1.807) is 28.2 Å². The van der Waals surface area contributed by atoms with Crippen molar-refractivity contribution in [2.45, 2.75) is 0 Å². The molecule has 0 radical (unpaired) electrons. The van der Waals surface area contributed by atoms with E-state index in [2.05, 4.69) is 20.3 Å². The summed E-state index contributed by atoms with van der Waals surface area (Å²) in [4.78, 5) is 3.88. The highest BCUT2D eigenvalue weighted by Gasteiger charge is 2.05. The van der Waals surface area contributed by atoms with E-state index in [1.807, 2.05) is 18.2 Å². The molecule has 0 aliphatic carbocycles. The van der Waals surface area contributed by atoms with Crippen LogP contribution in [0.5, 0.6) is 0 Å². The molecule has 0 fully saturated rings. The molecule has 2 aromatic heterocycles. The van der Waals surface area contributed by atoms with Crippen molar-refractivity contribution in [3.8, 4) is 11.4 Å². The van der Waals surface area contributed by atoms with Crippen LogP contribution in [0.2, 0.25) is 5.02 Å². The third-order valence-electron chi connectivity index (χ3n) is 2.31. The van der Waals surface area contributed by atoms with E-state index < -0.39 is 0 Å². The minimum Gasteiger partial charge on any atom is -0.288 e. The highest BCUT2D eigenvalue weighted by Crippen LogP contribution is 2.22. The van der Waals surface area contributed by atoms with Gasteiger partial charge in [0.05, 0.1) is 10.7 Å². The van der Waals surface area contributed by atoms with Gasteiger partial charge in [-0.3, -0.25) is 4.57 Å². The van der Waals surface area contributed by atoms with Gasteiger partial charge in [-0.2, -0.15) is 5.10 Å². The van der Waals surface area contributed by atoms with Crippen LogP contribution in [0.4, 0.5) is 0 Å². The average Bonchev–Trinajstić information content (AvgIpc) is 3.02. The Kier molecular flexibility index (Phi) is 2.34. The molecule has 0 saturated heterocycles. The van der Waals surface area contributed by atoms with Crippen molar-refractivity contribution in [2.24, 2.45) is 0 Å². The van der Waals surface area contributed by atoms with E-state index in [4.69, 9.17) is 11.6 Å². The van der Waals surface area contributed by atoms with Gasteiger partial charge in [0.15, 0.2) is 0 Å². The quantitative estimate of drug-likeness (QED) is 0.688. The van der Waals surface area contributed by atoms with E-state index in [9.17, 15) is 0 Å². The second-order valence-electron chi connectivity index (χ2n) is 3.34. The maximum atomic E-state index is 6.19. The number of hydrogen-bond donors (Lipinski definition) is 0. The lowest BCUT2D eigenvalue weighted by molar-refractivity contribution is 0.877. The molecule has 7 heteroatoms. The summed E-state index contributed by atoms with van der Waals surface area (Å²) in [6, 6.07) is 5.60. The highest BCUT2D eigenvalue weighted by atomic mass is 35.5. The first kappa shape index (κ1) is 9.98. The van der Waals surface area contributed by atoms with Crippen molar-refractivity contribution in [2.75, 3.05) is 0 Å². The number of rotatable bonds is 2. The standard InChI is InChI=1S/C10H7ClN6/c11-9-3-8(16-6-13-14-7-16)1-2-10(9)17-5-12-4-15-17/h1-7H. The van der Waals surface area contributed by atoms with Crippen LogP contribution in [0.3, 0.4) is 0 Å². The van der Waals surface area contributed by atoms with Crippen LogP contribution in [-0.4, -0.2) is 29.5 Å². The Hall–Kier alpha value is -2.21. The number of nitrogens with zero attached hydrogens (tertiary/aromatic N) is 6. The molecule has 84 valence electrons. The van der Waals surface area contributed by atoms with Gasteiger partial charge in [-0.15, -0.1) is 10.2 Å². The molecule has 0 saturated carbocycles. The predicted octanol–water partition coefficient (Wildman–Crippen LogP) is 1.50. The lowest BCUT2D eigenvalue weighted by Gasteiger charge is -2.06. The first-order chi connectivity index (χ1) is 8.34. The van der Waals surface area contributed by atoms with E-state index in [0.29, 0.717) is 5.02 Å². The fraction of sp³-hybridized carbons (Fsp3) is 0. The predicted molar refractivity (Wildman–Crippen MR) is 61.3 cm³/mol. The maximum absolute atomic E-state index is 6.19. The average molecular weight is 247 g/mol. The van der Waals surface area contributed by atoms with E-state index >= 15 is 0 Å². The Bertz CT molecular complexity index is 616. The molecule has 0 amide bonds. The van der Waals surface area contributed by atoms with Gasteiger partial charge < -0.3 is 0 Å². The minimum atomic E-state index is 0.585. The normalized spacial score (nSPS) is 10.6. The summed E-state index contributed by atoms with van der Waals surface area (Å²) in [5.41, 5.74) is 1.67. The first-order valence-electron chi connectivity index (χ1n) is 4.84. The second kappa shape index (κ2) is 3.99. The van der Waals surface area contributed by atoms with Crippen molar-refractivity contribution in [3.63, 3.8) is 0 Å². The molecular weight excluding hydrogens is 240 g/mol. The van der Waals surface area contributed by atoms with E-state index in [-0.39, 0.29) is 0 Å². The van der Waals surface area contributed by atoms with Crippen LogP contribution in [0.25, 0.3) is 11.4 Å². The van der Waals surface area contributed by atoms with Crippen LogP contribution < -0.4 is 0 Å². The Labute approximate surface area is 102 Å². The largest absolute Gasteiger partial charge is 0.288 e. The molecule has 3 aromatic rings. The molecule has 0 spiro atoms. The molecule has 0 aliphatic rings. The van der Waals surface area contributed by atoms with Crippen molar-refractivity contribution in [1.82, 2.24) is 29.5 Å². The Balaban J connectivity index is 2.06. The molecule has 0 aliphatic heterocycles. The topological polar surface area (TPSA) is 61.4 Å². The zero-order valence-electron chi connectivity index (χ0n) is 8.60. The van der Waals surface area contributed by atoms with Gasteiger partial charge in [-0.05, 0) is 18.2 Å². The van der Waals surface area contributed by atoms with Crippen LogP contribution in [0.15, 0.2) is 43.5 Å². The van der Waals surface area contributed by atoms with Crippen LogP contribution >= 0.6 is 11.6 Å². The Morgan fingerprint density at radius 2 is 1.88 bits per heavy atom. The van der Waals surface area contributed by atoms with Crippen molar-refractivity contribution >= 4 is 11.6 Å². The van der Waals surface area contributed by atoms with Gasteiger partial charge in [0.25, 0.3) is 0 Å². The molecule has 0 N–H and O–H groups in total. The molecule has 17 heavy (non-hydrogen) atoms. The van der Waals surface area contributed by atoms with Crippen molar-refractivity contribution < 1.29 is 0 Å². The monoisotopic (exact) mass is 246 g/mol. The van der Waals surface area contributed by atoms with Gasteiger partial charge in [0, 0.05) is 5.69 Å². The van der Waals surface area contributed by atoms with Crippen LogP contribution in [0, 0.1) is 0 Å². The smallest absolute Gasteiger partial charge is 0.138 e. The second-order valence-corrected chi connectivity index (χ2v) is 3.75. The van der Waals surface area contributed by atoms with E-state index in [1.165, 1.54) is 6.33 Å². The number of aromatic nitrogens is 6. The van der Waals surface area contributed by atoms with Gasteiger partial charge in [0.1, 0.15) is 25.3 Å². The highest BCUT2D eigenvalue weighted by molar-refractivity contribution is 6.32. The molecular formula is C10H7ClN6. The third kappa shape index (κ3) is 1.78. The van der Waals surface area contributed by atoms with Gasteiger partial charge in [0.2, 0.25) is 0 Å². The summed E-state index contributed by atoms with van der Waals surface area (Å²) in [6.07, 6.45) is 6.28. The molecule has 0 atom stereocenters. The summed E-state index contributed by atoms with van der Waals surface area (Å²) in [5.74, 6) is 0. The zero-order valence-corrected chi connectivity index (χ0v) is 9.36. The fourth-order valence-corrected chi connectivity index (χ4v) is 1.77. The molecule has 3 rings (SSSR count). The third-order valence-corrected chi connectivity index (χ3v) is 2.62. The Morgan fingerprint density at radius 1 is 1.06 bits per heavy atom.